The number of ether oxygens (including phenoxy) is 1. The van der Waals surface area contributed by atoms with Crippen molar-refractivity contribution in [3.63, 3.8) is 0 Å². The molecule has 18 heavy (non-hydrogen) atoms. The van der Waals surface area contributed by atoms with Crippen molar-refractivity contribution in [3.8, 4) is 0 Å². The van der Waals surface area contributed by atoms with E-state index in [0.29, 0.717) is 6.61 Å². The first-order valence-corrected chi connectivity index (χ1v) is 6.52. The van der Waals surface area contributed by atoms with E-state index in [1.165, 1.54) is 6.07 Å². The van der Waals surface area contributed by atoms with Gasteiger partial charge in [-0.3, -0.25) is 0 Å². The lowest BCUT2D eigenvalue weighted by Gasteiger charge is -2.25. The van der Waals surface area contributed by atoms with Crippen LogP contribution in [0.5, 0.6) is 0 Å². The van der Waals surface area contributed by atoms with Crippen molar-refractivity contribution in [3.05, 3.63) is 35.6 Å². The highest BCUT2D eigenvalue weighted by Crippen LogP contribution is 2.11. The lowest BCUT2D eigenvalue weighted by atomic mass is 10.1. The van der Waals surface area contributed by atoms with E-state index >= 15 is 0 Å². The monoisotopic (exact) mass is 253 g/mol. The van der Waals surface area contributed by atoms with Gasteiger partial charge < -0.3 is 10.1 Å². The van der Waals surface area contributed by atoms with Gasteiger partial charge in [-0.05, 0) is 51.4 Å². The van der Waals surface area contributed by atoms with Crippen LogP contribution in [-0.4, -0.2) is 24.8 Å². The first-order chi connectivity index (χ1) is 8.40. The van der Waals surface area contributed by atoms with E-state index in [4.69, 9.17) is 4.74 Å². The molecule has 0 heterocycles. The number of hydrogen-bond acceptors (Lipinski definition) is 2. The summed E-state index contributed by atoms with van der Waals surface area (Å²) >= 11 is 0. The van der Waals surface area contributed by atoms with Crippen LogP contribution >= 0.6 is 0 Å². The van der Waals surface area contributed by atoms with Crippen molar-refractivity contribution in [1.29, 1.82) is 0 Å². The normalized spacial score (nSPS) is 13.6. The molecule has 0 saturated carbocycles. The Labute approximate surface area is 110 Å². The maximum atomic E-state index is 13.1. The average Bonchev–Trinajstić information content (AvgIpc) is 2.25. The quantitative estimate of drug-likeness (QED) is 0.841. The Balaban J connectivity index is 2.57. The minimum Gasteiger partial charge on any atom is -0.374 e. The van der Waals surface area contributed by atoms with Crippen LogP contribution < -0.4 is 5.32 Å². The average molecular weight is 253 g/mol. The molecule has 102 valence electrons. The van der Waals surface area contributed by atoms with Crippen LogP contribution in [0.15, 0.2) is 24.3 Å². The molecule has 3 heteroatoms. The predicted octanol–water partition coefficient (Wildman–Crippen LogP) is 3.16. The van der Waals surface area contributed by atoms with Crippen LogP contribution in [0.2, 0.25) is 0 Å². The number of hydrogen-bond donors (Lipinski definition) is 1. The summed E-state index contributed by atoms with van der Waals surface area (Å²) in [6.45, 7) is 9.70. The van der Waals surface area contributed by atoms with E-state index < -0.39 is 0 Å². The van der Waals surface area contributed by atoms with Crippen molar-refractivity contribution < 1.29 is 9.13 Å². The number of likely N-dealkylation sites (N-methyl/N-ethyl adjacent to an activating group) is 1. The van der Waals surface area contributed by atoms with Crippen LogP contribution in [0.3, 0.4) is 0 Å². The van der Waals surface area contributed by atoms with E-state index in [-0.39, 0.29) is 17.5 Å². The fourth-order valence-corrected chi connectivity index (χ4v) is 1.78. The van der Waals surface area contributed by atoms with E-state index in [0.717, 1.165) is 18.5 Å². The summed E-state index contributed by atoms with van der Waals surface area (Å²) in [5.41, 5.74) is 0.855. The largest absolute Gasteiger partial charge is 0.374 e. The molecule has 0 spiro atoms. The molecule has 0 aliphatic heterocycles. The molecule has 1 N–H and O–H groups in total. The van der Waals surface area contributed by atoms with Crippen LogP contribution in [0.25, 0.3) is 0 Å². The summed E-state index contributed by atoms with van der Waals surface area (Å²) in [5, 5.41) is 3.38. The van der Waals surface area contributed by atoms with Gasteiger partial charge in [-0.15, -0.1) is 0 Å². The summed E-state index contributed by atoms with van der Waals surface area (Å²) < 4.78 is 18.9. The Morgan fingerprint density at radius 3 is 2.61 bits per heavy atom. The Morgan fingerprint density at radius 2 is 2.06 bits per heavy atom. The summed E-state index contributed by atoms with van der Waals surface area (Å²) in [6, 6.07) is 6.97. The smallest absolute Gasteiger partial charge is 0.123 e. The summed E-state index contributed by atoms with van der Waals surface area (Å²) in [7, 11) is 0. The van der Waals surface area contributed by atoms with E-state index in [2.05, 4.69) is 12.2 Å². The van der Waals surface area contributed by atoms with Crippen molar-refractivity contribution in [2.45, 2.75) is 45.8 Å². The maximum absolute atomic E-state index is 13.1. The highest BCUT2D eigenvalue weighted by atomic mass is 19.1. The first kappa shape index (κ1) is 15.1. The minimum absolute atomic E-state index is 0.143. The number of benzene rings is 1. The van der Waals surface area contributed by atoms with Gasteiger partial charge in [0.05, 0.1) is 12.2 Å². The molecule has 0 aliphatic carbocycles. The third-order valence-electron chi connectivity index (χ3n) is 2.58. The molecule has 1 aromatic rings. The van der Waals surface area contributed by atoms with Gasteiger partial charge in [-0.2, -0.15) is 0 Å². The zero-order valence-corrected chi connectivity index (χ0v) is 11.8. The van der Waals surface area contributed by atoms with Gasteiger partial charge in [0.1, 0.15) is 5.82 Å². The fraction of sp³-hybridized carbons (Fsp3) is 0.600. The van der Waals surface area contributed by atoms with E-state index in [9.17, 15) is 4.39 Å². The SMILES string of the molecule is CCNC(COC(C)(C)C)Cc1cccc(F)c1. The Morgan fingerprint density at radius 1 is 1.33 bits per heavy atom. The Bertz CT molecular complexity index is 360. The van der Waals surface area contributed by atoms with Gasteiger partial charge in [0.15, 0.2) is 0 Å². The second-order valence-corrected chi connectivity index (χ2v) is 5.51. The number of rotatable bonds is 6. The molecule has 0 aliphatic rings. The van der Waals surface area contributed by atoms with E-state index in [1.807, 2.05) is 26.8 Å². The zero-order chi connectivity index (χ0) is 13.6. The summed E-state index contributed by atoms with van der Waals surface area (Å²) in [6.07, 6.45) is 0.779. The third-order valence-corrected chi connectivity index (χ3v) is 2.58. The van der Waals surface area contributed by atoms with Crippen molar-refractivity contribution in [1.82, 2.24) is 5.32 Å². The van der Waals surface area contributed by atoms with Gasteiger partial charge in [-0.25, -0.2) is 4.39 Å². The number of nitrogens with one attached hydrogen (secondary N) is 1. The van der Waals surface area contributed by atoms with Gasteiger partial charge in [0, 0.05) is 6.04 Å². The third kappa shape index (κ3) is 6.12. The first-order valence-electron chi connectivity index (χ1n) is 6.52. The van der Waals surface area contributed by atoms with Crippen molar-refractivity contribution in [2.75, 3.05) is 13.2 Å². The molecule has 1 atom stereocenters. The lowest BCUT2D eigenvalue weighted by molar-refractivity contribution is -0.0141. The fourth-order valence-electron chi connectivity index (χ4n) is 1.78. The molecule has 0 aromatic heterocycles. The van der Waals surface area contributed by atoms with Crippen molar-refractivity contribution in [2.24, 2.45) is 0 Å². The molecule has 2 nitrogen and oxygen atoms in total. The second kappa shape index (κ2) is 6.86. The molecule has 1 unspecified atom stereocenters. The number of halogens is 1. The molecule has 0 fully saturated rings. The molecular weight excluding hydrogens is 229 g/mol. The van der Waals surface area contributed by atoms with Crippen LogP contribution in [0.4, 0.5) is 4.39 Å². The maximum Gasteiger partial charge on any atom is 0.123 e. The topological polar surface area (TPSA) is 21.3 Å². The van der Waals surface area contributed by atoms with Gasteiger partial charge in [0.25, 0.3) is 0 Å². The lowest BCUT2D eigenvalue weighted by Crippen LogP contribution is -2.38. The Kier molecular flexibility index (Phi) is 5.76. The van der Waals surface area contributed by atoms with Gasteiger partial charge >= 0.3 is 0 Å². The summed E-state index contributed by atoms with van der Waals surface area (Å²) in [4.78, 5) is 0. The highest BCUT2D eigenvalue weighted by Gasteiger charge is 2.15. The Hall–Kier alpha value is -0.930. The highest BCUT2D eigenvalue weighted by molar-refractivity contribution is 5.17. The summed E-state index contributed by atoms with van der Waals surface area (Å²) in [5.74, 6) is -0.181. The molecule has 0 saturated heterocycles. The molecule has 1 aromatic carbocycles. The standard InChI is InChI=1S/C15H24FNO/c1-5-17-14(11-18-15(2,3)4)10-12-7-6-8-13(16)9-12/h6-9,14,17H,5,10-11H2,1-4H3. The van der Waals surface area contributed by atoms with Crippen LogP contribution in [0, 0.1) is 5.82 Å². The van der Waals surface area contributed by atoms with Gasteiger partial charge in [-0.1, -0.05) is 19.1 Å². The van der Waals surface area contributed by atoms with Crippen LogP contribution in [0.1, 0.15) is 33.3 Å². The minimum atomic E-state index is -0.181. The second-order valence-electron chi connectivity index (χ2n) is 5.51. The molecule has 0 radical (unpaired) electrons. The molecule has 0 bridgehead atoms. The van der Waals surface area contributed by atoms with E-state index in [1.54, 1.807) is 12.1 Å². The molecular formula is C15H24FNO. The zero-order valence-electron chi connectivity index (χ0n) is 11.8. The van der Waals surface area contributed by atoms with Crippen LogP contribution in [-0.2, 0) is 11.2 Å². The van der Waals surface area contributed by atoms with Crippen molar-refractivity contribution >= 4 is 0 Å². The molecule has 0 amide bonds. The van der Waals surface area contributed by atoms with Gasteiger partial charge in [0.2, 0.25) is 0 Å². The molecule has 1 rings (SSSR count). The predicted molar refractivity (Wildman–Crippen MR) is 73.3 cm³/mol.